The molecular formula is C24H21BrN2O5. The Morgan fingerprint density at radius 3 is 2.62 bits per heavy atom. The van der Waals surface area contributed by atoms with Crippen LogP contribution in [0.15, 0.2) is 71.2 Å². The second kappa shape index (κ2) is 9.74. The summed E-state index contributed by atoms with van der Waals surface area (Å²) in [6.45, 7) is 0.593. The predicted molar refractivity (Wildman–Crippen MR) is 125 cm³/mol. The maximum Gasteiger partial charge on any atom is 0.265 e. The topological polar surface area (TPSA) is 77.1 Å². The van der Waals surface area contributed by atoms with Gasteiger partial charge in [-0.1, -0.05) is 22.0 Å². The minimum atomic E-state index is -0.247. The lowest BCUT2D eigenvalue weighted by Crippen LogP contribution is -2.41. The van der Waals surface area contributed by atoms with E-state index >= 15 is 0 Å². The summed E-state index contributed by atoms with van der Waals surface area (Å²) < 4.78 is 17.3. The summed E-state index contributed by atoms with van der Waals surface area (Å²) in [5.74, 6) is 1.58. The molecule has 7 nitrogen and oxygen atoms in total. The number of carbonyl (C=O) groups excluding carboxylic acids is 2. The van der Waals surface area contributed by atoms with Gasteiger partial charge in [-0.2, -0.15) is 0 Å². The maximum absolute atomic E-state index is 12.6. The normalized spacial score (nSPS) is 12.6. The van der Waals surface area contributed by atoms with Crippen LogP contribution in [-0.4, -0.2) is 38.7 Å². The molecule has 0 bridgehead atoms. The minimum absolute atomic E-state index is 0.0424. The molecule has 0 saturated heterocycles. The summed E-state index contributed by atoms with van der Waals surface area (Å²) in [5.41, 5.74) is 1.67. The summed E-state index contributed by atoms with van der Waals surface area (Å²) in [4.78, 5) is 26.7. The molecule has 0 fully saturated rings. The van der Waals surface area contributed by atoms with Gasteiger partial charge in [-0.3, -0.25) is 9.59 Å². The number of methoxy groups -OCH3 is 1. The van der Waals surface area contributed by atoms with E-state index in [1.807, 2.05) is 30.3 Å². The highest BCUT2D eigenvalue weighted by Crippen LogP contribution is 2.34. The minimum Gasteiger partial charge on any atom is -0.497 e. The molecule has 1 aliphatic heterocycles. The van der Waals surface area contributed by atoms with Gasteiger partial charge in [0.1, 0.15) is 23.9 Å². The van der Waals surface area contributed by atoms with Crippen LogP contribution in [0.2, 0.25) is 0 Å². The molecule has 1 aliphatic rings. The highest BCUT2D eigenvalue weighted by molar-refractivity contribution is 9.10. The van der Waals surface area contributed by atoms with E-state index in [2.05, 4.69) is 21.2 Å². The molecule has 3 aromatic carbocycles. The van der Waals surface area contributed by atoms with Crippen molar-refractivity contribution in [3.05, 3.63) is 76.8 Å². The predicted octanol–water partition coefficient (Wildman–Crippen LogP) is 4.51. The maximum atomic E-state index is 12.6. The van der Waals surface area contributed by atoms with Crippen LogP contribution in [0.3, 0.4) is 0 Å². The first-order chi connectivity index (χ1) is 15.5. The smallest absolute Gasteiger partial charge is 0.265 e. The summed E-state index contributed by atoms with van der Waals surface area (Å²) >= 11 is 3.37. The molecule has 0 spiro atoms. The number of fused-ring (bicyclic) bond motifs is 1. The van der Waals surface area contributed by atoms with Gasteiger partial charge < -0.3 is 24.4 Å². The van der Waals surface area contributed by atoms with E-state index in [1.165, 1.54) is 0 Å². The van der Waals surface area contributed by atoms with Crippen molar-refractivity contribution in [1.82, 2.24) is 0 Å². The zero-order valence-corrected chi connectivity index (χ0v) is 18.9. The Morgan fingerprint density at radius 2 is 1.88 bits per heavy atom. The molecule has 0 atom stereocenters. The van der Waals surface area contributed by atoms with Crippen molar-refractivity contribution >= 4 is 39.1 Å². The highest BCUT2D eigenvalue weighted by atomic mass is 79.9. The van der Waals surface area contributed by atoms with E-state index < -0.39 is 0 Å². The number of hydrogen-bond acceptors (Lipinski definition) is 5. The number of benzene rings is 3. The molecule has 4 rings (SSSR count). The van der Waals surface area contributed by atoms with Crippen molar-refractivity contribution in [2.75, 3.05) is 37.1 Å². The first-order valence-electron chi connectivity index (χ1n) is 9.94. The molecule has 0 aromatic heterocycles. The lowest BCUT2D eigenvalue weighted by Gasteiger charge is -2.29. The number of nitrogens with one attached hydrogen (secondary N) is 1. The second-order valence-electron chi connectivity index (χ2n) is 7.01. The van der Waals surface area contributed by atoms with E-state index in [-0.39, 0.29) is 18.4 Å². The third-order valence-corrected chi connectivity index (χ3v) is 5.38. The highest BCUT2D eigenvalue weighted by Gasteiger charge is 2.26. The summed E-state index contributed by atoms with van der Waals surface area (Å²) in [5, 5.41) is 2.87. The molecule has 0 aliphatic carbocycles. The van der Waals surface area contributed by atoms with Crippen LogP contribution in [0.1, 0.15) is 10.4 Å². The van der Waals surface area contributed by atoms with Gasteiger partial charge in [-0.15, -0.1) is 0 Å². The van der Waals surface area contributed by atoms with Crippen molar-refractivity contribution in [2.24, 2.45) is 0 Å². The first-order valence-corrected chi connectivity index (χ1v) is 10.7. The van der Waals surface area contributed by atoms with Crippen molar-refractivity contribution < 1.29 is 23.8 Å². The van der Waals surface area contributed by atoms with Gasteiger partial charge in [0.05, 0.1) is 19.3 Å². The van der Waals surface area contributed by atoms with Crippen molar-refractivity contribution in [2.45, 2.75) is 0 Å². The number of halogens is 1. The number of carbonyl (C=O) groups is 2. The number of rotatable bonds is 7. The summed E-state index contributed by atoms with van der Waals surface area (Å²) in [6.07, 6.45) is 0. The molecule has 0 unspecified atom stereocenters. The Hall–Kier alpha value is -3.52. The van der Waals surface area contributed by atoms with Crippen molar-refractivity contribution in [1.29, 1.82) is 0 Å². The monoisotopic (exact) mass is 496 g/mol. The van der Waals surface area contributed by atoms with Crippen LogP contribution < -0.4 is 24.4 Å². The Labute approximate surface area is 194 Å². The third kappa shape index (κ3) is 5.03. The number of anilines is 2. The molecule has 1 N–H and O–H groups in total. The molecule has 0 saturated carbocycles. The fourth-order valence-corrected chi connectivity index (χ4v) is 3.68. The molecule has 3 aromatic rings. The van der Waals surface area contributed by atoms with Gasteiger partial charge in [0.25, 0.3) is 11.8 Å². The van der Waals surface area contributed by atoms with E-state index in [0.717, 1.165) is 10.2 Å². The largest absolute Gasteiger partial charge is 0.497 e. The van der Waals surface area contributed by atoms with Gasteiger partial charge in [0.15, 0.2) is 6.61 Å². The zero-order chi connectivity index (χ0) is 22.5. The molecule has 2 amide bonds. The average molecular weight is 497 g/mol. The van der Waals surface area contributed by atoms with E-state index in [4.69, 9.17) is 14.2 Å². The van der Waals surface area contributed by atoms with E-state index in [0.29, 0.717) is 41.6 Å². The first kappa shape index (κ1) is 21.7. The average Bonchev–Trinajstić information content (AvgIpc) is 2.81. The third-order valence-electron chi connectivity index (χ3n) is 4.89. The summed E-state index contributed by atoms with van der Waals surface area (Å²) in [7, 11) is 1.60. The SMILES string of the molecule is COc1ccc(OCCN2C(=O)COc3ccc(NC(=O)c4cccc(Br)c4)cc32)cc1. The quantitative estimate of drug-likeness (QED) is 0.520. The van der Waals surface area contributed by atoms with Gasteiger partial charge in [-0.05, 0) is 60.7 Å². The fourth-order valence-electron chi connectivity index (χ4n) is 3.28. The molecule has 164 valence electrons. The van der Waals surface area contributed by atoms with Crippen LogP contribution in [0, 0.1) is 0 Å². The molecule has 0 radical (unpaired) electrons. The number of nitrogens with zero attached hydrogens (tertiary/aromatic N) is 1. The second-order valence-corrected chi connectivity index (χ2v) is 7.92. The number of amides is 2. The zero-order valence-electron chi connectivity index (χ0n) is 17.3. The lowest BCUT2D eigenvalue weighted by molar-refractivity contribution is -0.121. The molecule has 32 heavy (non-hydrogen) atoms. The lowest BCUT2D eigenvalue weighted by atomic mass is 10.2. The Kier molecular flexibility index (Phi) is 6.61. The summed E-state index contributed by atoms with van der Waals surface area (Å²) in [6, 6.07) is 19.6. The van der Waals surface area contributed by atoms with Crippen LogP contribution in [0.5, 0.6) is 17.2 Å². The van der Waals surface area contributed by atoms with Crippen molar-refractivity contribution in [3.8, 4) is 17.2 Å². The Balaban J connectivity index is 1.46. The van der Waals surface area contributed by atoms with Crippen molar-refractivity contribution in [3.63, 3.8) is 0 Å². The number of hydrogen-bond donors (Lipinski definition) is 1. The van der Waals surface area contributed by atoms with Crippen LogP contribution in [-0.2, 0) is 4.79 Å². The standard InChI is InChI=1S/C24H21BrN2O5/c1-30-19-6-8-20(9-7-19)31-12-11-27-21-14-18(5-10-22(21)32-15-23(27)28)26-24(29)16-3-2-4-17(25)13-16/h2-10,13-14H,11-12,15H2,1H3,(H,26,29). The van der Waals surface area contributed by atoms with Crippen LogP contribution in [0.4, 0.5) is 11.4 Å². The van der Waals surface area contributed by atoms with E-state index in [9.17, 15) is 9.59 Å². The Bertz CT molecular complexity index is 1130. The van der Waals surface area contributed by atoms with Gasteiger partial charge >= 0.3 is 0 Å². The van der Waals surface area contributed by atoms with Gasteiger partial charge in [0, 0.05) is 15.7 Å². The van der Waals surface area contributed by atoms with Crippen LogP contribution >= 0.6 is 15.9 Å². The molecule has 1 heterocycles. The molecular weight excluding hydrogens is 476 g/mol. The van der Waals surface area contributed by atoms with Gasteiger partial charge in [0.2, 0.25) is 0 Å². The Morgan fingerprint density at radius 1 is 1.09 bits per heavy atom. The molecule has 8 heteroatoms. The van der Waals surface area contributed by atoms with E-state index in [1.54, 1.807) is 48.4 Å². The fraction of sp³-hybridized carbons (Fsp3) is 0.167. The number of ether oxygens (including phenoxy) is 3. The van der Waals surface area contributed by atoms with Gasteiger partial charge in [-0.25, -0.2) is 0 Å². The van der Waals surface area contributed by atoms with Crippen LogP contribution in [0.25, 0.3) is 0 Å².